The van der Waals surface area contributed by atoms with Gasteiger partial charge in [0.25, 0.3) is 0 Å². The fourth-order valence-electron chi connectivity index (χ4n) is 1.32. The van der Waals surface area contributed by atoms with Gasteiger partial charge in [0.15, 0.2) is 0 Å². The third kappa shape index (κ3) is 4.61. The van der Waals surface area contributed by atoms with Crippen LogP contribution in [-0.4, -0.2) is 12.5 Å². The SMILES string of the molecule is CC(=O)Oc1cccc([C@H](N)CCN)c1.Cl. The number of benzene rings is 1. The highest BCUT2D eigenvalue weighted by Crippen LogP contribution is 2.19. The van der Waals surface area contributed by atoms with Crippen molar-refractivity contribution >= 4 is 18.4 Å². The van der Waals surface area contributed by atoms with Gasteiger partial charge in [0, 0.05) is 13.0 Å². The summed E-state index contributed by atoms with van der Waals surface area (Å²) in [5.41, 5.74) is 12.2. The normalized spacial score (nSPS) is 11.4. The molecule has 0 aromatic heterocycles. The van der Waals surface area contributed by atoms with Crippen LogP contribution in [0.1, 0.15) is 24.9 Å². The van der Waals surface area contributed by atoms with Crippen LogP contribution in [0.5, 0.6) is 5.75 Å². The van der Waals surface area contributed by atoms with Crippen molar-refractivity contribution < 1.29 is 9.53 Å². The molecule has 0 aliphatic carbocycles. The van der Waals surface area contributed by atoms with Crippen LogP contribution in [-0.2, 0) is 4.79 Å². The van der Waals surface area contributed by atoms with E-state index in [0.29, 0.717) is 18.7 Å². The van der Waals surface area contributed by atoms with Gasteiger partial charge in [-0.25, -0.2) is 0 Å². The van der Waals surface area contributed by atoms with Gasteiger partial charge in [-0.05, 0) is 30.7 Å². The van der Waals surface area contributed by atoms with E-state index in [1.165, 1.54) is 6.92 Å². The average molecular weight is 245 g/mol. The lowest BCUT2D eigenvalue weighted by molar-refractivity contribution is -0.131. The Kier molecular flexibility index (Phi) is 6.72. The predicted octanol–water partition coefficient (Wildman–Crippen LogP) is 1.38. The number of esters is 1. The van der Waals surface area contributed by atoms with Crippen molar-refractivity contribution in [2.75, 3.05) is 6.54 Å². The fourth-order valence-corrected chi connectivity index (χ4v) is 1.32. The molecule has 0 saturated carbocycles. The van der Waals surface area contributed by atoms with Crippen LogP contribution < -0.4 is 16.2 Å². The molecular weight excluding hydrogens is 228 g/mol. The Morgan fingerprint density at radius 2 is 2.19 bits per heavy atom. The highest BCUT2D eigenvalue weighted by Gasteiger charge is 2.06. The highest BCUT2D eigenvalue weighted by atomic mass is 35.5. The molecule has 4 nitrogen and oxygen atoms in total. The largest absolute Gasteiger partial charge is 0.427 e. The van der Waals surface area contributed by atoms with Crippen LogP contribution in [0.25, 0.3) is 0 Å². The lowest BCUT2D eigenvalue weighted by Gasteiger charge is -2.11. The molecule has 1 rings (SSSR count). The number of halogens is 1. The van der Waals surface area contributed by atoms with E-state index in [-0.39, 0.29) is 24.4 Å². The molecule has 0 heterocycles. The Morgan fingerprint density at radius 1 is 1.50 bits per heavy atom. The van der Waals surface area contributed by atoms with Crippen molar-refractivity contribution in [1.82, 2.24) is 0 Å². The Hall–Kier alpha value is -1.10. The topological polar surface area (TPSA) is 78.3 Å². The van der Waals surface area contributed by atoms with Crippen molar-refractivity contribution in [3.8, 4) is 5.75 Å². The molecule has 1 atom stereocenters. The van der Waals surface area contributed by atoms with Gasteiger partial charge < -0.3 is 16.2 Å². The highest BCUT2D eigenvalue weighted by molar-refractivity contribution is 5.85. The van der Waals surface area contributed by atoms with Gasteiger partial charge in [-0.3, -0.25) is 4.79 Å². The van der Waals surface area contributed by atoms with Crippen molar-refractivity contribution in [2.45, 2.75) is 19.4 Å². The van der Waals surface area contributed by atoms with E-state index >= 15 is 0 Å². The fraction of sp³-hybridized carbons (Fsp3) is 0.364. The van der Waals surface area contributed by atoms with E-state index in [1.54, 1.807) is 12.1 Å². The summed E-state index contributed by atoms with van der Waals surface area (Å²) >= 11 is 0. The molecule has 0 saturated heterocycles. The molecule has 1 aromatic rings. The van der Waals surface area contributed by atoms with Gasteiger partial charge in [-0.2, -0.15) is 0 Å². The predicted molar refractivity (Wildman–Crippen MR) is 65.6 cm³/mol. The maximum atomic E-state index is 10.7. The lowest BCUT2D eigenvalue weighted by Crippen LogP contribution is -2.15. The van der Waals surface area contributed by atoms with Gasteiger partial charge in [-0.1, -0.05) is 12.1 Å². The molecule has 5 heteroatoms. The summed E-state index contributed by atoms with van der Waals surface area (Å²) in [6, 6.07) is 7.09. The van der Waals surface area contributed by atoms with Gasteiger partial charge in [0.1, 0.15) is 5.75 Å². The first-order valence-corrected chi connectivity index (χ1v) is 4.87. The molecule has 0 radical (unpaired) electrons. The van der Waals surface area contributed by atoms with Crippen LogP contribution in [0.3, 0.4) is 0 Å². The van der Waals surface area contributed by atoms with Crippen LogP contribution in [0.2, 0.25) is 0 Å². The zero-order valence-electron chi connectivity index (χ0n) is 9.18. The average Bonchev–Trinajstić information content (AvgIpc) is 2.17. The summed E-state index contributed by atoms with van der Waals surface area (Å²) in [4.78, 5) is 10.7. The number of hydrogen-bond donors (Lipinski definition) is 2. The molecule has 0 aliphatic heterocycles. The molecule has 1 aromatic carbocycles. The molecule has 0 unspecified atom stereocenters. The third-order valence-corrected chi connectivity index (χ3v) is 2.03. The molecule has 0 bridgehead atoms. The van der Waals surface area contributed by atoms with Crippen molar-refractivity contribution in [3.63, 3.8) is 0 Å². The van der Waals surface area contributed by atoms with E-state index in [0.717, 1.165) is 5.56 Å². The molecule has 0 amide bonds. The van der Waals surface area contributed by atoms with E-state index in [1.807, 2.05) is 12.1 Å². The molecule has 90 valence electrons. The van der Waals surface area contributed by atoms with Crippen LogP contribution in [0.15, 0.2) is 24.3 Å². The minimum Gasteiger partial charge on any atom is -0.427 e. The molecule has 4 N–H and O–H groups in total. The molecule has 0 fully saturated rings. The summed E-state index contributed by atoms with van der Waals surface area (Å²) in [6.45, 7) is 1.91. The number of rotatable bonds is 4. The summed E-state index contributed by atoms with van der Waals surface area (Å²) in [7, 11) is 0. The molecule has 0 aliphatic rings. The Morgan fingerprint density at radius 3 is 2.75 bits per heavy atom. The first kappa shape index (κ1) is 14.9. The number of nitrogens with two attached hydrogens (primary N) is 2. The quantitative estimate of drug-likeness (QED) is 0.620. The minimum atomic E-state index is -0.334. The lowest BCUT2D eigenvalue weighted by atomic mass is 10.0. The first-order valence-electron chi connectivity index (χ1n) is 4.87. The van der Waals surface area contributed by atoms with Crippen LogP contribution >= 0.6 is 12.4 Å². The number of ether oxygens (including phenoxy) is 1. The maximum absolute atomic E-state index is 10.7. The van der Waals surface area contributed by atoms with Gasteiger partial charge >= 0.3 is 5.97 Å². The van der Waals surface area contributed by atoms with Crippen molar-refractivity contribution in [2.24, 2.45) is 11.5 Å². The maximum Gasteiger partial charge on any atom is 0.308 e. The molecule has 16 heavy (non-hydrogen) atoms. The second kappa shape index (κ2) is 7.22. The summed E-state index contributed by atoms with van der Waals surface area (Å²) in [5.74, 6) is 0.187. The Labute approximate surface area is 101 Å². The van der Waals surface area contributed by atoms with E-state index in [2.05, 4.69) is 0 Å². The number of hydrogen-bond acceptors (Lipinski definition) is 4. The Balaban J connectivity index is 0.00000225. The standard InChI is InChI=1S/C11H16N2O2.ClH/c1-8(14)15-10-4-2-3-9(7-10)11(13)5-6-12;/h2-4,7,11H,5-6,12-13H2,1H3;1H/t11-;/m1./s1. The van der Waals surface area contributed by atoms with Gasteiger partial charge in [0.05, 0.1) is 0 Å². The number of carbonyl (C=O) groups is 1. The zero-order chi connectivity index (χ0) is 11.3. The summed E-state index contributed by atoms with van der Waals surface area (Å²) in [5, 5.41) is 0. The summed E-state index contributed by atoms with van der Waals surface area (Å²) in [6.07, 6.45) is 0.712. The number of carbonyl (C=O) groups excluding carboxylic acids is 1. The van der Waals surface area contributed by atoms with Crippen molar-refractivity contribution in [1.29, 1.82) is 0 Å². The van der Waals surface area contributed by atoms with E-state index in [4.69, 9.17) is 16.2 Å². The molecular formula is C11H17ClN2O2. The third-order valence-electron chi connectivity index (χ3n) is 2.03. The second-order valence-corrected chi connectivity index (χ2v) is 3.35. The monoisotopic (exact) mass is 244 g/mol. The molecule has 0 spiro atoms. The summed E-state index contributed by atoms with van der Waals surface area (Å²) < 4.78 is 4.96. The van der Waals surface area contributed by atoms with Crippen molar-refractivity contribution in [3.05, 3.63) is 29.8 Å². The van der Waals surface area contributed by atoms with Gasteiger partial charge in [0.2, 0.25) is 0 Å². The Bertz CT molecular complexity index is 345. The zero-order valence-corrected chi connectivity index (χ0v) is 10.00. The smallest absolute Gasteiger partial charge is 0.308 e. The van der Waals surface area contributed by atoms with Crippen LogP contribution in [0.4, 0.5) is 0 Å². The van der Waals surface area contributed by atoms with E-state index in [9.17, 15) is 4.79 Å². The van der Waals surface area contributed by atoms with Gasteiger partial charge in [-0.15, -0.1) is 12.4 Å². The van der Waals surface area contributed by atoms with E-state index < -0.39 is 0 Å². The first-order chi connectivity index (χ1) is 7.13. The minimum absolute atomic E-state index is 0. The second-order valence-electron chi connectivity index (χ2n) is 3.35. The van der Waals surface area contributed by atoms with Crippen LogP contribution in [0, 0.1) is 0 Å².